The number of anilines is 1. The maximum atomic E-state index is 12.5. The van der Waals surface area contributed by atoms with E-state index in [1.807, 2.05) is 52.0 Å². The minimum Gasteiger partial charge on any atom is -0.475 e. The number of hydrogen-bond acceptors (Lipinski definition) is 6. The van der Waals surface area contributed by atoms with Crippen LogP contribution in [0.25, 0.3) is 11.0 Å². The summed E-state index contributed by atoms with van der Waals surface area (Å²) in [4.78, 5) is 25.8. The highest BCUT2D eigenvalue weighted by molar-refractivity contribution is 5.77. The molecule has 1 aromatic carbocycles. The highest BCUT2D eigenvalue weighted by atomic mass is 16.6. The van der Waals surface area contributed by atoms with Crippen molar-refractivity contribution in [2.24, 2.45) is 0 Å². The van der Waals surface area contributed by atoms with Crippen LogP contribution in [0, 0.1) is 0 Å². The number of para-hydroxylation sites is 2. The van der Waals surface area contributed by atoms with E-state index < -0.39 is 5.60 Å². The molecule has 0 N–H and O–H groups in total. The zero-order valence-electron chi connectivity index (χ0n) is 17.4. The van der Waals surface area contributed by atoms with E-state index in [1.165, 1.54) is 0 Å². The van der Waals surface area contributed by atoms with E-state index in [-0.39, 0.29) is 12.1 Å². The molecule has 7 nitrogen and oxygen atoms in total. The highest BCUT2D eigenvalue weighted by Crippen LogP contribution is 2.30. The van der Waals surface area contributed by atoms with Gasteiger partial charge in [0.15, 0.2) is 5.82 Å². The third kappa shape index (κ3) is 4.64. The molecule has 1 fully saturated rings. The average molecular weight is 386 g/mol. The first-order valence-corrected chi connectivity index (χ1v) is 9.89. The maximum absolute atomic E-state index is 12.5. The largest absolute Gasteiger partial charge is 0.475 e. The second-order valence-corrected chi connectivity index (χ2v) is 8.11. The van der Waals surface area contributed by atoms with Gasteiger partial charge in [0.2, 0.25) is 0 Å². The second kappa shape index (κ2) is 8.20. The van der Waals surface area contributed by atoms with Crippen molar-refractivity contribution in [1.82, 2.24) is 14.9 Å². The predicted octanol–water partition coefficient (Wildman–Crippen LogP) is 3.86. The standard InChI is InChI=1S/C21H30N4O3/c1-6-27-19-18(22-16-11-7-8-12-17(16)23-19)25-13-9-10-15(14-25)24(5)20(26)28-21(2,3)4/h7-8,11-12,15H,6,9-10,13-14H2,1-5H3/t15-/m1/s1. The van der Waals surface area contributed by atoms with Crippen molar-refractivity contribution >= 4 is 22.9 Å². The van der Waals surface area contributed by atoms with E-state index in [4.69, 9.17) is 14.5 Å². The Labute approximate surface area is 166 Å². The van der Waals surface area contributed by atoms with Crippen LogP contribution in [0.1, 0.15) is 40.5 Å². The van der Waals surface area contributed by atoms with E-state index in [9.17, 15) is 4.79 Å². The van der Waals surface area contributed by atoms with Crippen molar-refractivity contribution in [2.45, 2.75) is 52.2 Å². The molecule has 1 aliphatic rings. The zero-order chi connectivity index (χ0) is 20.3. The molecule has 0 radical (unpaired) electrons. The van der Waals surface area contributed by atoms with Crippen molar-refractivity contribution in [3.8, 4) is 5.88 Å². The van der Waals surface area contributed by atoms with Crippen molar-refractivity contribution in [2.75, 3.05) is 31.6 Å². The molecule has 1 atom stereocenters. The van der Waals surface area contributed by atoms with Crippen LogP contribution in [-0.4, -0.2) is 59.3 Å². The summed E-state index contributed by atoms with van der Waals surface area (Å²) in [6.45, 7) is 9.63. The lowest BCUT2D eigenvalue weighted by molar-refractivity contribution is 0.0209. The minimum absolute atomic E-state index is 0.0475. The van der Waals surface area contributed by atoms with Gasteiger partial charge >= 0.3 is 6.09 Å². The van der Waals surface area contributed by atoms with Crippen LogP contribution in [0.4, 0.5) is 10.6 Å². The van der Waals surface area contributed by atoms with Gasteiger partial charge in [0, 0.05) is 20.1 Å². The number of likely N-dealkylation sites (N-methyl/N-ethyl adjacent to an activating group) is 1. The number of rotatable bonds is 4. The fourth-order valence-electron chi connectivity index (χ4n) is 3.36. The molecule has 1 saturated heterocycles. The van der Waals surface area contributed by atoms with E-state index in [0.717, 1.165) is 36.2 Å². The number of aromatic nitrogens is 2. The Morgan fingerprint density at radius 2 is 1.93 bits per heavy atom. The Morgan fingerprint density at radius 3 is 2.57 bits per heavy atom. The molecular formula is C21H30N4O3. The zero-order valence-corrected chi connectivity index (χ0v) is 17.4. The van der Waals surface area contributed by atoms with Gasteiger partial charge < -0.3 is 19.3 Å². The molecule has 1 aliphatic heterocycles. The first kappa shape index (κ1) is 20.2. The number of hydrogen-bond donors (Lipinski definition) is 0. The Morgan fingerprint density at radius 1 is 1.25 bits per heavy atom. The topological polar surface area (TPSA) is 67.8 Å². The molecule has 1 aromatic heterocycles. The smallest absolute Gasteiger partial charge is 0.410 e. The summed E-state index contributed by atoms with van der Waals surface area (Å²) in [5.41, 5.74) is 1.14. The van der Waals surface area contributed by atoms with Crippen molar-refractivity contribution < 1.29 is 14.3 Å². The highest BCUT2D eigenvalue weighted by Gasteiger charge is 2.31. The summed E-state index contributed by atoms with van der Waals surface area (Å²) in [6, 6.07) is 7.83. The number of piperidine rings is 1. The summed E-state index contributed by atoms with van der Waals surface area (Å²) in [5, 5.41) is 0. The molecule has 1 amide bonds. The lowest BCUT2D eigenvalue weighted by atomic mass is 10.0. The van der Waals surface area contributed by atoms with Gasteiger partial charge in [-0.25, -0.2) is 14.8 Å². The van der Waals surface area contributed by atoms with Crippen LogP contribution >= 0.6 is 0 Å². The molecular weight excluding hydrogens is 356 g/mol. The quantitative estimate of drug-likeness (QED) is 0.795. The van der Waals surface area contributed by atoms with Crippen LogP contribution in [0.15, 0.2) is 24.3 Å². The van der Waals surface area contributed by atoms with Crippen molar-refractivity contribution in [3.63, 3.8) is 0 Å². The monoisotopic (exact) mass is 386 g/mol. The van der Waals surface area contributed by atoms with Crippen molar-refractivity contribution in [1.29, 1.82) is 0 Å². The predicted molar refractivity (Wildman–Crippen MR) is 110 cm³/mol. The number of ether oxygens (including phenoxy) is 2. The number of fused-ring (bicyclic) bond motifs is 1. The van der Waals surface area contributed by atoms with Crippen LogP contribution < -0.4 is 9.64 Å². The summed E-state index contributed by atoms with van der Waals surface area (Å²) in [5.74, 6) is 1.28. The van der Waals surface area contributed by atoms with Crippen LogP contribution in [0.3, 0.4) is 0 Å². The number of benzene rings is 1. The molecule has 0 unspecified atom stereocenters. The van der Waals surface area contributed by atoms with E-state index >= 15 is 0 Å². The van der Waals surface area contributed by atoms with Gasteiger partial charge in [-0.3, -0.25) is 0 Å². The molecule has 28 heavy (non-hydrogen) atoms. The van der Waals surface area contributed by atoms with Crippen LogP contribution in [0.2, 0.25) is 0 Å². The fourth-order valence-corrected chi connectivity index (χ4v) is 3.36. The van der Waals surface area contributed by atoms with Gasteiger partial charge in [-0.1, -0.05) is 12.1 Å². The number of carbonyl (C=O) groups is 1. The first-order valence-electron chi connectivity index (χ1n) is 9.89. The number of amides is 1. The van der Waals surface area contributed by atoms with E-state index in [2.05, 4.69) is 9.88 Å². The molecule has 0 aliphatic carbocycles. The van der Waals surface area contributed by atoms with E-state index in [0.29, 0.717) is 19.0 Å². The summed E-state index contributed by atoms with van der Waals surface area (Å²) >= 11 is 0. The lowest BCUT2D eigenvalue weighted by Gasteiger charge is -2.38. The summed E-state index contributed by atoms with van der Waals surface area (Å²) in [7, 11) is 1.80. The first-order chi connectivity index (χ1) is 13.3. The Hall–Kier alpha value is -2.57. The molecule has 0 saturated carbocycles. The Kier molecular flexibility index (Phi) is 5.91. The van der Waals surface area contributed by atoms with Gasteiger partial charge in [0.1, 0.15) is 5.60 Å². The molecule has 0 bridgehead atoms. The molecule has 3 rings (SSSR count). The van der Waals surface area contributed by atoms with Gasteiger partial charge in [0.25, 0.3) is 5.88 Å². The summed E-state index contributed by atoms with van der Waals surface area (Å²) in [6.07, 6.45) is 1.59. The van der Waals surface area contributed by atoms with Gasteiger partial charge in [-0.15, -0.1) is 0 Å². The average Bonchev–Trinajstić information content (AvgIpc) is 2.66. The summed E-state index contributed by atoms with van der Waals surface area (Å²) < 4.78 is 11.3. The van der Waals surface area contributed by atoms with Gasteiger partial charge in [-0.2, -0.15) is 0 Å². The van der Waals surface area contributed by atoms with Gasteiger partial charge in [0.05, 0.1) is 23.7 Å². The molecule has 7 heteroatoms. The lowest BCUT2D eigenvalue weighted by Crippen LogP contribution is -2.50. The molecule has 152 valence electrons. The third-order valence-electron chi connectivity index (χ3n) is 4.73. The molecule has 2 aromatic rings. The van der Waals surface area contributed by atoms with E-state index in [1.54, 1.807) is 11.9 Å². The number of nitrogens with zero attached hydrogens (tertiary/aromatic N) is 4. The maximum Gasteiger partial charge on any atom is 0.410 e. The Balaban J connectivity index is 1.83. The third-order valence-corrected chi connectivity index (χ3v) is 4.73. The SMILES string of the molecule is CCOc1nc2ccccc2nc1N1CCC[C@@H](N(C)C(=O)OC(C)(C)C)C1. The minimum atomic E-state index is -0.508. The fraction of sp³-hybridized carbons (Fsp3) is 0.571. The second-order valence-electron chi connectivity index (χ2n) is 8.11. The normalized spacial score (nSPS) is 17.5. The van der Waals surface area contributed by atoms with Crippen LogP contribution in [-0.2, 0) is 4.74 Å². The van der Waals surface area contributed by atoms with Gasteiger partial charge in [-0.05, 0) is 52.7 Å². The molecule has 2 heterocycles. The van der Waals surface area contributed by atoms with Crippen LogP contribution in [0.5, 0.6) is 5.88 Å². The Bertz CT molecular complexity index is 834. The number of carbonyl (C=O) groups excluding carboxylic acids is 1. The molecule has 0 spiro atoms. The van der Waals surface area contributed by atoms with Crippen molar-refractivity contribution in [3.05, 3.63) is 24.3 Å².